The van der Waals surface area contributed by atoms with Gasteiger partial charge in [-0.25, -0.2) is 9.59 Å². The van der Waals surface area contributed by atoms with Crippen LogP contribution in [0.4, 0.5) is 0 Å². The van der Waals surface area contributed by atoms with Gasteiger partial charge in [0, 0.05) is 12.2 Å². The minimum Gasteiger partial charge on any atom is -0.478 e. The zero-order chi connectivity index (χ0) is 9.56. The molecule has 0 aliphatic carbocycles. The first kappa shape index (κ1) is 10.4. The van der Waals surface area contributed by atoms with Gasteiger partial charge in [0.1, 0.15) is 0 Å². The third-order valence-electron chi connectivity index (χ3n) is 1.16. The maximum Gasteiger partial charge on any atom is 0.328 e. The molecule has 2 N–H and O–H groups in total. The average Bonchev–Trinajstić information content (AvgIpc) is 1.97. The summed E-state index contributed by atoms with van der Waals surface area (Å²) in [6, 6.07) is 0. The number of aliphatic carboxylic acids is 2. The van der Waals surface area contributed by atoms with Gasteiger partial charge in [0.2, 0.25) is 0 Å². The minimum atomic E-state index is -1.08. The number of allylic oxidation sites excluding steroid dienone is 2. The summed E-state index contributed by atoms with van der Waals surface area (Å²) in [7, 11) is 0. The average molecular weight is 170 g/mol. The zero-order valence-corrected chi connectivity index (χ0v) is 6.65. The molecule has 0 saturated carbocycles. The second-order valence-corrected chi connectivity index (χ2v) is 2.08. The van der Waals surface area contributed by atoms with E-state index in [9.17, 15) is 9.59 Å². The van der Waals surface area contributed by atoms with Crippen molar-refractivity contribution in [2.24, 2.45) is 0 Å². The van der Waals surface area contributed by atoms with Crippen LogP contribution in [0.3, 0.4) is 0 Å². The molecule has 0 aliphatic heterocycles. The number of hydrogen-bond donors (Lipinski definition) is 2. The van der Waals surface area contributed by atoms with Gasteiger partial charge in [0.15, 0.2) is 0 Å². The predicted octanol–water partition coefficient (Wildman–Crippen LogP) is 1.05. The molecule has 0 atom stereocenters. The first-order valence-corrected chi connectivity index (χ1v) is 3.40. The van der Waals surface area contributed by atoms with E-state index in [1.807, 2.05) is 0 Å². The molecule has 0 aromatic rings. The monoisotopic (exact) mass is 170 g/mol. The van der Waals surface area contributed by atoms with Crippen molar-refractivity contribution >= 4 is 11.9 Å². The first-order valence-electron chi connectivity index (χ1n) is 3.40. The van der Waals surface area contributed by atoms with Crippen molar-refractivity contribution in [3.63, 3.8) is 0 Å². The summed E-state index contributed by atoms with van der Waals surface area (Å²) < 4.78 is 0. The molecule has 4 heteroatoms. The van der Waals surface area contributed by atoms with E-state index in [4.69, 9.17) is 10.2 Å². The van der Waals surface area contributed by atoms with E-state index in [2.05, 4.69) is 0 Å². The molecular formula is C8H10O4. The van der Waals surface area contributed by atoms with Crippen LogP contribution in [0.1, 0.15) is 13.3 Å². The summed E-state index contributed by atoms with van der Waals surface area (Å²) in [6.07, 6.45) is 3.67. The Hall–Kier alpha value is -1.58. The van der Waals surface area contributed by atoms with Crippen LogP contribution >= 0.6 is 0 Å². The SMILES string of the molecule is CCC(/C=C/C(=O)O)=C\C(=O)O. The van der Waals surface area contributed by atoms with E-state index in [0.717, 1.165) is 12.2 Å². The molecule has 0 heterocycles. The van der Waals surface area contributed by atoms with Gasteiger partial charge in [-0.15, -0.1) is 0 Å². The lowest BCUT2D eigenvalue weighted by molar-refractivity contribution is -0.132. The van der Waals surface area contributed by atoms with Crippen molar-refractivity contribution in [3.05, 3.63) is 23.8 Å². The Labute approximate surface area is 69.8 Å². The fraction of sp³-hybridized carbons (Fsp3) is 0.250. The molecule has 0 radical (unpaired) electrons. The largest absolute Gasteiger partial charge is 0.478 e. The number of carbonyl (C=O) groups is 2. The van der Waals surface area contributed by atoms with E-state index < -0.39 is 11.9 Å². The number of hydrogen-bond acceptors (Lipinski definition) is 2. The lowest BCUT2D eigenvalue weighted by Crippen LogP contribution is -1.91. The summed E-state index contributed by atoms with van der Waals surface area (Å²) in [5, 5.41) is 16.6. The molecule has 0 amide bonds. The first-order chi connectivity index (χ1) is 5.56. The Bertz CT molecular complexity index is 237. The summed E-state index contributed by atoms with van der Waals surface area (Å²) in [6.45, 7) is 1.75. The van der Waals surface area contributed by atoms with Crippen molar-refractivity contribution < 1.29 is 19.8 Å². The molecule has 66 valence electrons. The molecule has 0 aliphatic rings. The van der Waals surface area contributed by atoms with Crippen LogP contribution in [0.25, 0.3) is 0 Å². The van der Waals surface area contributed by atoms with E-state index >= 15 is 0 Å². The van der Waals surface area contributed by atoms with E-state index in [0.29, 0.717) is 12.0 Å². The van der Waals surface area contributed by atoms with Crippen LogP contribution in [-0.4, -0.2) is 22.2 Å². The smallest absolute Gasteiger partial charge is 0.328 e. The standard InChI is InChI=1S/C8H10O4/c1-2-6(5-8(11)12)3-4-7(9)10/h3-5H,2H2,1H3,(H,9,10)(H,11,12)/b4-3+,6-5+. The molecule has 4 nitrogen and oxygen atoms in total. The Kier molecular flexibility index (Phi) is 4.45. The van der Waals surface area contributed by atoms with Crippen molar-refractivity contribution in [1.29, 1.82) is 0 Å². The fourth-order valence-electron chi connectivity index (χ4n) is 0.605. The minimum absolute atomic E-state index is 0.477. The molecule has 12 heavy (non-hydrogen) atoms. The van der Waals surface area contributed by atoms with Crippen molar-refractivity contribution in [3.8, 4) is 0 Å². The molecular weight excluding hydrogens is 160 g/mol. The van der Waals surface area contributed by atoms with Crippen LogP contribution < -0.4 is 0 Å². The highest BCUT2D eigenvalue weighted by atomic mass is 16.4. The Morgan fingerprint density at radius 2 is 1.75 bits per heavy atom. The van der Waals surface area contributed by atoms with Gasteiger partial charge in [-0.3, -0.25) is 0 Å². The summed E-state index contributed by atoms with van der Waals surface area (Å²) in [4.78, 5) is 20.2. The van der Waals surface area contributed by atoms with Gasteiger partial charge in [-0.1, -0.05) is 13.0 Å². The predicted molar refractivity (Wildman–Crippen MR) is 42.8 cm³/mol. The van der Waals surface area contributed by atoms with Gasteiger partial charge >= 0.3 is 11.9 Å². The van der Waals surface area contributed by atoms with Crippen molar-refractivity contribution in [1.82, 2.24) is 0 Å². The molecule has 0 spiro atoms. The van der Waals surface area contributed by atoms with Gasteiger partial charge in [-0.2, -0.15) is 0 Å². The van der Waals surface area contributed by atoms with Crippen molar-refractivity contribution in [2.75, 3.05) is 0 Å². The molecule has 0 saturated heterocycles. The maximum absolute atomic E-state index is 10.2. The quantitative estimate of drug-likeness (QED) is 0.488. The molecule has 0 fully saturated rings. The van der Waals surface area contributed by atoms with Gasteiger partial charge in [-0.05, 0) is 12.0 Å². The highest BCUT2D eigenvalue weighted by Gasteiger charge is 1.94. The number of carboxylic acids is 2. The normalized spacial score (nSPS) is 11.9. The number of carboxylic acid groups (broad SMARTS) is 2. The van der Waals surface area contributed by atoms with Crippen molar-refractivity contribution in [2.45, 2.75) is 13.3 Å². The van der Waals surface area contributed by atoms with Gasteiger partial charge < -0.3 is 10.2 Å². The third kappa shape index (κ3) is 5.22. The summed E-state index contributed by atoms with van der Waals surface area (Å²) in [5.41, 5.74) is 0.477. The highest BCUT2D eigenvalue weighted by molar-refractivity contribution is 5.83. The fourth-order valence-corrected chi connectivity index (χ4v) is 0.605. The topological polar surface area (TPSA) is 74.6 Å². The lowest BCUT2D eigenvalue weighted by atomic mass is 10.2. The molecule has 0 aromatic carbocycles. The van der Waals surface area contributed by atoms with Gasteiger partial charge in [0.05, 0.1) is 0 Å². The lowest BCUT2D eigenvalue weighted by Gasteiger charge is -1.92. The third-order valence-corrected chi connectivity index (χ3v) is 1.16. The summed E-state index contributed by atoms with van der Waals surface area (Å²) in [5.74, 6) is -2.15. The van der Waals surface area contributed by atoms with Crippen LogP contribution in [-0.2, 0) is 9.59 Å². The Morgan fingerprint density at radius 3 is 2.08 bits per heavy atom. The van der Waals surface area contributed by atoms with Crippen LogP contribution in [0.15, 0.2) is 23.8 Å². The van der Waals surface area contributed by atoms with Crippen LogP contribution in [0, 0.1) is 0 Å². The Morgan fingerprint density at radius 1 is 1.17 bits per heavy atom. The van der Waals surface area contributed by atoms with Gasteiger partial charge in [0.25, 0.3) is 0 Å². The highest BCUT2D eigenvalue weighted by Crippen LogP contribution is 2.01. The van der Waals surface area contributed by atoms with Crippen LogP contribution in [0.2, 0.25) is 0 Å². The second-order valence-electron chi connectivity index (χ2n) is 2.08. The molecule has 0 aromatic heterocycles. The van der Waals surface area contributed by atoms with E-state index in [-0.39, 0.29) is 0 Å². The maximum atomic E-state index is 10.2. The Balaban J connectivity index is 4.37. The van der Waals surface area contributed by atoms with E-state index in [1.165, 1.54) is 6.08 Å². The zero-order valence-electron chi connectivity index (χ0n) is 6.65. The molecule has 0 bridgehead atoms. The molecule has 0 rings (SSSR count). The second kappa shape index (κ2) is 5.12. The number of rotatable bonds is 4. The van der Waals surface area contributed by atoms with Crippen LogP contribution in [0.5, 0.6) is 0 Å². The summed E-state index contributed by atoms with van der Waals surface area (Å²) >= 11 is 0. The van der Waals surface area contributed by atoms with E-state index in [1.54, 1.807) is 6.92 Å². The molecule has 0 unspecified atom stereocenters.